The van der Waals surface area contributed by atoms with Crippen LogP contribution in [-0.4, -0.2) is 18.4 Å². The molecule has 102 valence electrons. The lowest BCUT2D eigenvalue weighted by atomic mass is 10.2. The molecule has 0 saturated heterocycles. The Morgan fingerprint density at radius 1 is 0.800 bits per heavy atom. The van der Waals surface area contributed by atoms with Crippen molar-refractivity contribution >= 4 is 30.6 Å². The number of nitrogens with zero attached hydrogens (tertiary/aromatic N) is 2. The highest BCUT2D eigenvalue weighted by Gasteiger charge is 2.08. The summed E-state index contributed by atoms with van der Waals surface area (Å²) in [6, 6.07) is 16.6. The Labute approximate surface area is 121 Å². The van der Waals surface area contributed by atoms with Crippen molar-refractivity contribution in [3.8, 4) is 0 Å². The molecule has 0 N–H and O–H groups in total. The maximum atomic E-state index is 10.5. The van der Waals surface area contributed by atoms with Crippen molar-refractivity contribution in [1.82, 2.24) is 9.97 Å². The highest BCUT2D eigenvalue weighted by molar-refractivity contribution is 8.13. The molecule has 0 aliphatic rings. The van der Waals surface area contributed by atoms with Crippen LogP contribution in [0.25, 0.3) is 10.9 Å². The number of hydrogen-bond donors (Lipinski definition) is 0. The van der Waals surface area contributed by atoms with Crippen LogP contribution in [0, 0.1) is 0 Å². The first kappa shape index (κ1) is 14.4. The van der Waals surface area contributed by atoms with Crippen molar-refractivity contribution in [2.75, 3.05) is 0 Å². The van der Waals surface area contributed by atoms with Gasteiger partial charge in [0.15, 0.2) is 5.03 Å². The zero-order valence-corrected chi connectivity index (χ0v) is 11.9. The van der Waals surface area contributed by atoms with Crippen molar-refractivity contribution in [2.24, 2.45) is 0 Å². The molecule has 0 atom stereocenters. The van der Waals surface area contributed by atoms with Crippen LogP contribution in [0.2, 0.25) is 0 Å². The lowest BCUT2D eigenvalue weighted by Gasteiger charge is -1.91. The topological polar surface area (TPSA) is 59.9 Å². The fourth-order valence-electron chi connectivity index (χ4n) is 1.51. The monoisotopic (exact) mass is 306 g/mol. The van der Waals surface area contributed by atoms with Crippen molar-refractivity contribution in [1.29, 1.82) is 0 Å². The van der Waals surface area contributed by atoms with Crippen LogP contribution in [0.15, 0.2) is 72.0 Å². The van der Waals surface area contributed by atoms with E-state index in [1.165, 1.54) is 17.6 Å². The molecule has 6 heteroatoms. The number of rotatable bonds is 1. The van der Waals surface area contributed by atoms with Gasteiger partial charge in [-0.15, -0.1) is 0 Å². The van der Waals surface area contributed by atoms with Crippen LogP contribution in [0.1, 0.15) is 0 Å². The van der Waals surface area contributed by atoms with Crippen LogP contribution >= 0.6 is 10.7 Å². The van der Waals surface area contributed by atoms with Crippen LogP contribution in [0.4, 0.5) is 0 Å². The number of fused-ring (bicyclic) bond motifs is 1. The first-order valence-corrected chi connectivity index (χ1v) is 8.04. The molecule has 20 heavy (non-hydrogen) atoms. The SMILES string of the molecule is O=S(=O)(Cl)c1ccccn1.c1ccc2ncccc2c1. The third-order valence-corrected chi connectivity index (χ3v) is 3.62. The fourth-order valence-corrected chi connectivity index (χ4v) is 2.21. The smallest absolute Gasteiger partial charge is 0.256 e. The summed E-state index contributed by atoms with van der Waals surface area (Å²) in [7, 11) is 1.33. The molecule has 0 amide bonds. The van der Waals surface area contributed by atoms with E-state index in [0.29, 0.717) is 0 Å². The molecule has 3 rings (SSSR count). The van der Waals surface area contributed by atoms with E-state index in [0.717, 1.165) is 5.52 Å². The maximum Gasteiger partial charge on any atom is 0.278 e. The Morgan fingerprint density at radius 2 is 1.45 bits per heavy atom. The van der Waals surface area contributed by atoms with E-state index < -0.39 is 9.05 Å². The van der Waals surface area contributed by atoms with Gasteiger partial charge in [0, 0.05) is 28.5 Å². The van der Waals surface area contributed by atoms with Crippen LogP contribution in [0.3, 0.4) is 0 Å². The summed E-state index contributed by atoms with van der Waals surface area (Å²) >= 11 is 0. The van der Waals surface area contributed by atoms with Crippen LogP contribution < -0.4 is 0 Å². The standard InChI is InChI=1S/C9H7N.C5H4ClNO2S/c1-2-6-9-8(4-1)5-3-7-10-9;6-10(8,9)5-3-1-2-4-7-5/h1-7H;1-4H. The van der Waals surface area contributed by atoms with Crippen molar-refractivity contribution in [3.63, 3.8) is 0 Å². The van der Waals surface area contributed by atoms with E-state index in [1.54, 1.807) is 12.1 Å². The molecule has 0 spiro atoms. The summed E-state index contributed by atoms with van der Waals surface area (Å²) in [5.41, 5.74) is 1.06. The van der Waals surface area contributed by atoms with Gasteiger partial charge in [-0.25, -0.2) is 13.4 Å². The Kier molecular flexibility index (Phi) is 4.65. The second-order valence-corrected chi connectivity index (χ2v) is 6.31. The minimum Gasteiger partial charge on any atom is -0.256 e. The molecule has 1 aromatic carbocycles. The van der Waals surface area contributed by atoms with Crippen molar-refractivity contribution < 1.29 is 8.42 Å². The summed E-state index contributed by atoms with van der Waals surface area (Å²) in [5, 5.41) is 1.08. The average molecular weight is 307 g/mol. The Morgan fingerprint density at radius 3 is 2.05 bits per heavy atom. The van der Waals surface area contributed by atoms with Gasteiger partial charge in [-0.05, 0) is 24.3 Å². The van der Waals surface area contributed by atoms with E-state index in [1.807, 2.05) is 30.5 Å². The molecule has 0 aliphatic heterocycles. The predicted molar refractivity (Wildman–Crippen MR) is 79.0 cm³/mol. The van der Waals surface area contributed by atoms with Gasteiger partial charge in [-0.3, -0.25) is 4.98 Å². The van der Waals surface area contributed by atoms with Gasteiger partial charge in [0.2, 0.25) is 0 Å². The van der Waals surface area contributed by atoms with E-state index in [2.05, 4.69) is 22.1 Å². The molecule has 0 aliphatic carbocycles. The summed E-state index contributed by atoms with van der Waals surface area (Å²) in [5.74, 6) is 0. The van der Waals surface area contributed by atoms with Gasteiger partial charge >= 0.3 is 0 Å². The number of halogens is 1. The van der Waals surface area contributed by atoms with Crippen LogP contribution in [0.5, 0.6) is 0 Å². The van der Waals surface area contributed by atoms with E-state index in [-0.39, 0.29) is 5.03 Å². The molecule has 4 nitrogen and oxygen atoms in total. The summed E-state index contributed by atoms with van der Waals surface area (Å²) in [6.07, 6.45) is 3.18. The second-order valence-electron chi connectivity index (χ2n) is 3.80. The molecule has 3 aromatic rings. The summed E-state index contributed by atoms with van der Waals surface area (Å²) < 4.78 is 21.1. The Hall–Kier alpha value is -1.98. The second kappa shape index (κ2) is 6.45. The molecule has 0 radical (unpaired) electrons. The van der Waals surface area contributed by atoms with Gasteiger partial charge in [-0.1, -0.05) is 30.3 Å². The highest BCUT2D eigenvalue weighted by atomic mass is 35.7. The largest absolute Gasteiger partial charge is 0.278 e. The van der Waals surface area contributed by atoms with Crippen molar-refractivity contribution in [2.45, 2.75) is 5.03 Å². The van der Waals surface area contributed by atoms with Gasteiger partial charge < -0.3 is 0 Å². The number of hydrogen-bond acceptors (Lipinski definition) is 4. The zero-order valence-electron chi connectivity index (χ0n) is 10.3. The normalized spacial score (nSPS) is 10.7. The number of aromatic nitrogens is 2. The predicted octanol–water partition coefficient (Wildman–Crippen LogP) is 3.24. The van der Waals surface area contributed by atoms with Gasteiger partial charge in [0.1, 0.15) is 0 Å². The first-order chi connectivity index (χ1) is 9.57. The molecule has 2 aromatic heterocycles. The fraction of sp³-hybridized carbons (Fsp3) is 0. The highest BCUT2D eigenvalue weighted by Crippen LogP contribution is 2.09. The third kappa shape index (κ3) is 4.01. The number of pyridine rings is 2. The Bertz CT molecular complexity index is 727. The van der Waals surface area contributed by atoms with Gasteiger partial charge in [-0.2, -0.15) is 0 Å². The molecular formula is C14H11ClN2O2S. The van der Waals surface area contributed by atoms with Crippen LogP contribution in [-0.2, 0) is 9.05 Å². The summed E-state index contributed by atoms with van der Waals surface area (Å²) in [4.78, 5) is 7.71. The molecule has 0 bridgehead atoms. The molecular weight excluding hydrogens is 296 g/mol. The zero-order chi connectivity index (χ0) is 14.4. The van der Waals surface area contributed by atoms with E-state index >= 15 is 0 Å². The minimum atomic E-state index is -3.64. The molecule has 0 fully saturated rings. The lowest BCUT2D eigenvalue weighted by molar-refractivity contribution is 0.606. The van der Waals surface area contributed by atoms with Gasteiger partial charge in [0.05, 0.1) is 5.52 Å². The maximum absolute atomic E-state index is 10.5. The van der Waals surface area contributed by atoms with E-state index in [4.69, 9.17) is 10.7 Å². The molecule has 2 heterocycles. The number of para-hydroxylation sites is 1. The average Bonchev–Trinajstić information content (AvgIpc) is 2.48. The van der Waals surface area contributed by atoms with Crippen molar-refractivity contribution in [3.05, 3.63) is 67.0 Å². The first-order valence-electron chi connectivity index (χ1n) is 5.73. The lowest BCUT2D eigenvalue weighted by Crippen LogP contribution is -1.92. The van der Waals surface area contributed by atoms with Gasteiger partial charge in [0.25, 0.3) is 9.05 Å². The van der Waals surface area contributed by atoms with E-state index in [9.17, 15) is 8.42 Å². The summed E-state index contributed by atoms with van der Waals surface area (Å²) in [6.45, 7) is 0. The Balaban J connectivity index is 0.000000147. The molecule has 0 unspecified atom stereocenters. The number of benzene rings is 1. The quantitative estimate of drug-likeness (QED) is 0.648. The third-order valence-electron chi connectivity index (χ3n) is 2.40. The molecule has 0 saturated carbocycles. The minimum absolute atomic E-state index is 0.114.